The molecule has 6 nitrogen and oxygen atoms in total. The third-order valence-corrected chi connectivity index (χ3v) is 6.18. The van der Waals surface area contributed by atoms with Gasteiger partial charge in [-0.1, -0.05) is 29.8 Å². The van der Waals surface area contributed by atoms with Crippen LogP contribution in [0.2, 0.25) is 5.02 Å². The predicted molar refractivity (Wildman–Crippen MR) is 131 cm³/mol. The first kappa shape index (κ1) is 23.6. The van der Waals surface area contributed by atoms with Crippen LogP contribution >= 0.6 is 11.6 Å². The number of amides is 2. The van der Waals surface area contributed by atoms with Gasteiger partial charge < -0.3 is 10.6 Å². The summed E-state index contributed by atoms with van der Waals surface area (Å²) in [6, 6.07) is 12.1. The molecule has 174 valence electrons. The molecule has 2 amide bonds. The van der Waals surface area contributed by atoms with Gasteiger partial charge in [-0.15, -0.1) is 6.58 Å². The van der Waals surface area contributed by atoms with E-state index in [9.17, 15) is 14.0 Å². The van der Waals surface area contributed by atoms with E-state index in [1.807, 2.05) is 12.1 Å². The summed E-state index contributed by atoms with van der Waals surface area (Å²) in [5.74, 6) is -0.884. The molecule has 3 aromatic rings. The molecule has 2 aromatic heterocycles. The molecule has 8 heteroatoms. The van der Waals surface area contributed by atoms with Gasteiger partial charge in [0.15, 0.2) is 0 Å². The second-order valence-corrected chi connectivity index (χ2v) is 8.82. The van der Waals surface area contributed by atoms with Crippen molar-refractivity contribution in [2.45, 2.75) is 31.4 Å². The number of benzene rings is 1. The number of nitrogens with zero attached hydrogens (tertiary/aromatic N) is 2. The molecule has 2 heterocycles. The van der Waals surface area contributed by atoms with E-state index in [2.05, 4.69) is 27.2 Å². The van der Waals surface area contributed by atoms with Crippen molar-refractivity contribution in [3.63, 3.8) is 0 Å². The normalized spacial score (nSPS) is 19.4. The second kappa shape index (κ2) is 10.1. The maximum Gasteiger partial charge on any atom is 0.255 e. The number of carbonyl (C=O) groups is 2. The summed E-state index contributed by atoms with van der Waals surface area (Å²) in [4.78, 5) is 33.8. The summed E-state index contributed by atoms with van der Waals surface area (Å²) in [6.45, 7) is 3.59. The van der Waals surface area contributed by atoms with Gasteiger partial charge in [-0.25, -0.2) is 9.37 Å². The zero-order valence-corrected chi connectivity index (χ0v) is 19.2. The van der Waals surface area contributed by atoms with Crippen molar-refractivity contribution in [2.75, 3.05) is 10.6 Å². The quantitative estimate of drug-likeness (QED) is 0.403. The highest BCUT2D eigenvalue weighted by Crippen LogP contribution is 2.40. The Morgan fingerprint density at radius 1 is 1.18 bits per heavy atom. The van der Waals surface area contributed by atoms with Gasteiger partial charge in [0.25, 0.3) is 5.91 Å². The Bertz CT molecular complexity index is 1220. The maximum absolute atomic E-state index is 14.7. The molecule has 4 rings (SSSR count). The van der Waals surface area contributed by atoms with E-state index in [1.165, 1.54) is 12.3 Å². The minimum atomic E-state index is -1.38. The average Bonchev–Trinajstić information content (AvgIpc) is 3.22. The molecule has 1 aliphatic carbocycles. The fourth-order valence-corrected chi connectivity index (χ4v) is 4.31. The van der Waals surface area contributed by atoms with Crippen LogP contribution in [0.4, 0.5) is 15.9 Å². The number of allylic oxidation sites excluding steroid dienone is 1. The molecule has 1 aromatic carbocycles. The van der Waals surface area contributed by atoms with Gasteiger partial charge in [-0.3, -0.25) is 14.6 Å². The summed E-state index contributed by atoms with van der Waals surface area (Å²) in [7, 11) is 0. The van der Waals surface area contributed by atoms with Crippen molar-refractivity contribution < 1.29 is 14.0 Å². The Morgan fingerprint density at radius 3 is 2.74 bits per heavy atom. The number of carbonyl (C=O) groups excluding carboxylic acids is 2. The van der Waals surface area contributed by atoms with Crippen molar-refractivity contribution in [1.82, 2.24) is 9.97 Å². The van der Waals surface area contributed by atoms with Crippen LogP contribution in [0.1, 0.15) is 36.0 Å². The summed E-state index contributed by atoms with van der Waals surface area (Å²) in [5, 5.41) is 6.20. The monoisotopic (exact) mass is 478 g/mol. The molecule has 34 heavy (non-hydrogen) atoms. The number of alkyl halides is 1. The molecule has 1 aliphatic rings. The van der Waals surface area contributed by atoms with Gasteiger partial charge in [0.1, 0.15) is 11.5 Å². The van der Waals surface area contributed by atoms with Crippen LogP contribution in [-0.4, -0.2) is 27.5 Å². The van der Waals surface area contributed by atoms with E-state index in [4.69, 9.17) is 11.6 Å². The molecule has 1 fully saturated rings. The highest BCUT2D eigenvalue weighted by Gasteiger charge is 2.41. The van der Waals surface area contributed by atoms with E-state index >= 15 is 0 Å². The fraction of sp³-hybridized carbons (Fsp3) is 0.231. The lowest BCUT2D eigenvalue weighted by Gasteiger charge is -2.17. The van der Waals surface area contributed by atoms with Gasteiger partial charge in [-0.05, 0) is 61.6 Å². The molecule has 0 saturated heterocycles. The van der Waals surface area contributed by atoms with Crippen LogP contribution in [0.15, 0.2) is 73.7 Å². The van der Waals surface area contributed by atoms with Crippen molar-refractivity contribution >= 4 is 34.9 Å². The number of aromatic nitrogens is 2. The molecule has 1 saturated carbocycles. The lowest BCUT2D eigenvalue weighted by Crippen LogP contribution is -2.24. The van der Waals surface area contributed by atoms with E-state index < -0.39 is 11.6 Å². The lowest BCUT2D eigenvalue weighted by molar-refractivity contribution is -0.120. The van der Waals surface area contributed by atoms with Crippen LogP contribution in [0.3, 0.4) is 0 Å². The summed E-state index contributed by atoms with van der Waals surface area (Å²) in [5.41, 5.74) is 1.13. The maximum atomic E-state index is 14.7. The van der Waals surface area contributed by atoms with Crippen molar-refractivity contribution in [3.8, 4) is 11.1 Å². The largest absolute Gasteiger partial charge is 0.320 e. The number of nitrogens with one attached hydrogen (secondary N) is 2. The molecule has 0 radical (unpaired) electrons. The fourth-order valence-electron chi connectivity index (χ4n) is 4.18. The molecular formula is C26H24ClFN4O2. The number of hydrogen-bond donors (Lipinski definition) is 2. The summed E-state index contributed by atoms with van der Waals surface area (Å²) < 4.78 is 14.7. The smallest absolute Gasteiger partial charge is 0.255 e. The zero-order chi connectivity index (χ0) is 24.1. The topological polar surface area (TPSA) is 84.0 Å². The molecule has 0 bridgehead atoms. The summed E-state index contributed by atoms with van der Waals surface area (Å²) >= 11 is 5.98. The Balaban J connectivity index is 1.46. The number of pyridine rings is 2. The third-order valence-electron chi connectivity index (χ3n) is 5.93. The van der Waals surface area contributed by atoms with Crippen molar-refractivity contribution in [3.05, 3.63) is 84.3 Å². The first-order valence-electron chi connectivity index (χ1n) is 10.9. The highest BCUT2D eigenvalue weighted by atomic mass is 35.5. The van der Waals surface area contributed by atoms with Gasteiger partial charge in [0.05, 0.1) is 11.9 Å². The number of anilines is 2. The Morgan fingerprint density at radius 2 is 1.97 bits per heavy atom. The number of rotatable bonds is 7. The van der Waals surface area contributed by atoms with Gasteiger partial charge >= 0.3 is 0 Å². The highest BCUT2D eigenvalue weighted by molar-refractivity contribution is 6.30. The molecule has 0 aliphatic heterocycles. The SMILES string of the molecule is C=CCC1(F)CCC(C(=O)Nc2cc(C(=O)Nc3cnccc3-c3ccc(Cl)cc3)ccn2)C1. The number of halogens is 2. The predicted octanol–water partition coefficient (Wildman–Crippen LogP) is 6.07. The molecular weight excluding hydrogens is 455 g/mol. The van der Waals surface area contributed by atoms with E-state index in [-0.39, 0.29) is 30.5 Å². The third kappa shape index (κ3) is 5.48. The number of hydrogen-bond acceptors (Lipinski definition) is 4. The van der Waals surface area contributed by atoms with Gasteiger partial charge in [0, 0.05) is 34.5 Å². The Kier molecular flexibility index (Phi) is 7.03. The van der Waals surface area contributed by atoms with E-state index in [0.717, 1.165) is 11.1 Å². The van der Waals surface area contributed by atoms with Gasteiger partial charge in [-0.2, -0.15) is 0 Å². The first-order valence-corrected chi connectivity index (χ1v) is 11.3. The molecule has 2 N–H and O–H groups in total. The Labute approximate surface area is 202 Å². The molecule has 2 unspecified atom stereocenters. The molecule has 2 atom stereocenters. The van der Waals surface area contributed by atoms with E-state index in [1.54, 1.807) is 42.7 Å². The molecule has 0 spiro atoms. The lowest BCUT2D eigenvalue weighted by atomic mass is 9.98. The zero-order valence-electron chi connectivity index (χ0n) is 18.4. The van der Waals surface area contributed by atoms with Crippen LogP contribution in [0.5, 0.6) is 0 Å². The van der Waals surface area contributed by atoms with E-state index in [0.29, 0.717) is 29.1 Å². The van der Waals surface area contributed by atoms with Crippen LogP contribution in [0, 0.1) is 5.92 Å². The van der Waals surface area contributed by atoms with Crippen LogP contribution < -0.4 is 10.6 Å². The van der Waals surface area contributed by atoms with Crippen LogP contribution in [0.25, 0.3) is 11.1 Å². The Hall–Kier alpha value is -3.58. The minimum absolute atomic E-state index is 0.152. The van der Waals surface area contributed by atoms with Crippen molar-refractivity contribution in [2.24, 2.45) is 5.92 Å². The second-order valence-electron chi connectivity index (χ2n) is 8.38. The summed E-state index contributed by atoms with van der Waals surface area (Å²) in [6.07, 6.45) is 7.38. The minimum Gasteiger partial charge on any atom is -0.320 e. The average molecular weight is 479 g/mol. The van der Waals surface area contributed by atoms with Crippen molar-refractivity contribution in [1.29, 1.82) is 0 Å². The van der Waals surface area contributed by atoms with Crippen LogP contribution in [-0.2, 0) is 4.79 Å². The first-order chi connectivity index (χ1) is 16.4. The van der Waals surface area contributed by atoms with Gasteiger partial charge in [0.2, 0.25) is 5.91 Å². The standard InChI is InChI=1S/C26H24ClFN4O2/c1-2-10-26(28)11-7-19(15-26)25(34)32-23-14-18(8-13-30-23)24(33)31-22-16-29-12-9-21(22)17-3-5-20(27)6-4-17/h2-6,8-9,12-14,16,19H,1,7,10-11,15H2,(H,31,33)(H,30,32,34).